The molecular weight excluding hydrogens is 234 g/mol. The van der Waals surface area contributed by atoms with Crippen LogP contribution in [-0.4, -0.2) is 13.7 Å². The average Bonchev–Trinajstić information content (AvgIpc) is 2.30. The number of halogens is 1. The van der Waals surface area contributed by atoms with Gasteiger partial charge in [-0.05, 0) is 31.0 Å². The Kier molecular flexibility index (Phi) is 5.79. The minimum atomic E-state index is 0.308. The van der Waals surface area contributed by atoms with Crippen LogP contribution in [0.15, 0.2) is 18.2 Å². The summed E-state index contributed by atoms with van der Waals surface area (Å²) in [6.07, 6.45) is 1.12. The highest BCUT2D eigenvalue weighted by Crippen LogP contribution is 2.32. The Morgan fingerprint density at radius 2 is 2.06 bits per heavy atom. The average molecular weight is 256 g/mol. The van der Waals surface area contributed by atoms with Gasteiger partial charge in [0.25, 0.3) is 0 Å². The van der Waals surface area contributed by atoms with E-state index in [4.69, 9.17) is 16.3 Å². The smallest absolute Gasteiger partial charge is 0.125 e. The first kappa shape index (κ1) is 14.3. The molecule has 0 saturated heterocycles. The van der Waals surface area contributed by atoms with Gasteiger partial charge in [0.2, 0.25) is 0 Å². The lowest BCUT2D eigenvalue weighted by Crippen LogP contribution is -2.26. The maximum Gasteiger partial charge on any atom is 0.125 e. The summed E-state index contributed by atoms with van der Waals surface area (Å²) in [5, 5.41) is 4.27. The van der Waals surface area contributed by atoms with Gasteiger partial charge in [-0.1, -0.05) is 38.4 Å². The van der Waals surface area contributed by atoms with E-state index in [1.54, 1.807) is 7.11 Å². The lowest BCUT2D eigenvalue weighted by molar-refractivity contribution is 0.370. The first-order chi connectivity index (χ1) is 8.10. The highest BCUT2D eigenvalue weighted by atomic mass is 35.5. The van der Waals surface area contributed by atoms with Crippen LogP contribution in [0.25, 0.3) is 0 Å². The Morgan fingerprint density at radius 3 is 2.59 bits per heavy atom. The van der Waals surface area contributed by atoms with Crippen LogP contribution in [0.1, 0.15) is 38.8 Å². The van der Waals surface area contributed by atoms with Gasteiger partial charge in [0.1, 0.15) is 5.75 Å². The fraction of sp³-hybridized carbons (Fsp3) is 0.571. The van der Waals surface area contributed by atoms with E-state index in [2.05, 4.69) is 32.2 Å². The second-order valence-corrected chi connectivity index (χ2v) is 5.00. The molecule has 1 aromatic carbocycles. The van der Waals surface area contributed by atoms with Crippen molar-refractivity contribution in [1.82, 2.24) is 5.32 Å². The third-order valence-corrected chi connectivity index (χ3v) is 3.05. The Bertz CT molecular complexity index is 352. The maximum absolute atomic E-state index is 5.98. The molecule has 0 saturated carbocycles. The summed E-state index contributed by atoms with van der Waals surface area (Å²) in [7, 11) is 1.69. The van der Waals surface area contributed by atoms with Crippen molar-refractivity contribution in [3.63, 3.8) is 0 Å². The molecule has 0 aliphatic carbocycles. The van der Waals surface area contributed by atoms with Crippen LogP contribution < -0.4 is 10.1 Å². The largest absolute Gasteiger partial charge is 0.496 e. The first-order valence-electron chi connectivity index (χ1n) is 6.17. The Hall–Kier alpha value is -0.730. The van der Waals surface area contributed by atoms with Crippen LogP contribution in [-0.2, 0) is 0 Å². The zero-order valence-electron chi connectivity index (χ0n) is 11.1. The quantitative estimate of drug-likeness (QED) is 0.828. The molecule has 1 N–H and O–H groups in total. The highest BCUT2D eigenvalue weighted by molar-refractivity contribution is 6.30. The van der Waals surface area contributed by atoms with E-state index in [0.717, 1.165) is 18.7 Å². The number of rotatable bonds is 6. The van der Waals surface area contributed by atoms with Gasteiger partial charge in [-0.2, -0.15) is 0 Å². The SMILES string of the molecule is CCCNC(c1ccc(Cl)cc1OC)C(C)C. The third kappa shape index (κ3) is 3.90. The third-order valence-electron chi connectivity index (χ3n) is 2.81. The highest BCUT2D eigenvalue weighted by Gasteiger charge is 2.18. The van der Waals surface area contributed by atoms with Gasteiger partial charge in [-0.15, -0.1) is 0 Å². The molecule has 3 heteroatoms. The fourth-order valence-electron chi connectivity index (χ4n) is 1.95. The van der Waals surface area contributed by atoms with Crippen LogP contribution in [0.4, 0.5) is 0 Å². The van der Waals surface area contributed by atoms with E-state index in [-0.39, 0.29) is 0 Å². The normalized spacial score (nSPS) is 12.8. The molecule has 1 aromatic rings. The van der Waals surface area contributed by atoms with Gasteiger partial charge in [0, 0.05) is 16.6 Å². The van der Waals surface area contributed by atoms with Gasteiger partial charge < -0.3 is 10.1 Å². The zero-order valence-corrected chi connectivity index (χ0v) is 11.8. The number of hydrogen-bond acceptors (Lipinski definition) is 2. The molecule has 1 rings (SSSR count). The molecule has 0 bridgehead atoms. The van der Waals surface area contributed by atoms with Crippen molar-refractivity contribution in [1.29, 1.82) is 0 Å². The van der Waals surface area contributed by atoms with Crippen molar-refractivity contribution < 1.29 is 4.74 Å². The molecule has 1 atom stereocenters. The lowest BCUT2D eigenvalue weighted by atomic mass is 9.95. The molecule has 0 fully saturated rings. The number of benzene rings is 1. The summed E-state index contributed by atoms with van der Waals surface area (Å²) in [5.41, 5.74) is 1.18. The molecule has 1 unspecified atom stereocenters. The molecule has 0 radical (unpaired) electrons. The molecule has 17 heavy (non-hydrogen) atoms. The topological polar surface area (TPSA) is 21.3 Å². The van der Waals surface area contributed by atoms with Gasteiger partial charge in [0.05, 0.1) is 7.11 Å². The molecule has 0 aromatic heterocycles. The molecule has 0 spiro atoms. The van der Waals surface area contributed by atoms with Crippen LogP contribution >= 0.6 is 11.6 Å². The van der Waals surface area contributed by atoms with Gasteiger partial charge >= 0.3 is 0 Å². The van der Waals surface area contributed by atoms with E-state index in [9.17, 15) is 0 Å². The summed E-state index contributed by atoms with van der Waals surface area (Å²) in [6.45, 7) is 7.60. The fourth-order valence-corrected chi connectivity index (χ4v) is 2.11. The molecular formula is C14H22ClNO. The number of nitrogens with one attached hydrogen (secondary N) is 1. The first-order valence-corrected chi connectivity index (χ1v) is 6.54. The van der Waals surface area contributed by atoms with E-state index in [1.165, 1.54) is 5.56 Å². The monoisotopic (exact) mass is 255 g/mol. The molecule has 96 valence electrons. The summed E-state index contributed by atoms with van der Waals surface area (Å²) >= 11 is 5.98. The molecule has 0 heterocycles. The second-order valence-electron chi connectivity index (χ2n) is 4.56. The second kappa shape index (κ2) is 6.87. The summed E-state index contributed by atoms with van der Waals surface area (Å²) in [6, 6.07) is 6.15. The van der Waals surface area contributed by atoms with E-state index < -0.39 is 0 Å². The molecule has 0 amide bonds. The van der Waals surface area contributed by atoms with Crippen LogP contribution in [0.5, 0.6) is 5.75 Å². The summed E-state index contributed by atoms with van der Waals surface area (Å²) < 4.78 is 5.41. The zero-order chi connectivity index (χ0) is 12.8. The predicted molar refractivity (Wildman–Crippen MR) is 73.9 cm³/mol. The van der Waals surface area contributed by atoms with Gasteiger partial charge in [-0.3, -0.25) is 0 Å². The Labute approximate surface area is 109 Å². The minimum Gasteiger partial charge on any atom is -0.496 e. The molecule has 2 nitrogen and oxygen atoms in total. The van der Waals surface area contributed by atoms with Crippen molar-refractivity contribution in [3.05, 3.63) is 28.8 Å². The number of methoxy groups -OCH3 is 1. The van der Waals surface area contributed by atoms with Crippen molar-refractivity contribution in [2.24, 2.45) is 5.92 Å². The van der Waals surface area contributed by atoms with Crippen molar-refractivity contribution in [2.75, 3.05) is 13.7 Å². The summed E-state index contributed by atoms with van der Waals surface area (Å²) in [5.74, 6) is 1.37. The lowest BCUT2D eigenvalue weighted by Gasteiger charge is -2.24. The Balaban J connectivity index is 3.00. The summed E-state index contributed by atoms with van der Waals surface area (Å²) in [4.78, 5) is 0. The van der Waals surface area contributed by atoms with E-state index in [0.29, 0.717) is 17.0 Å². The van der Waals surface area contributed by atoms with Crippen LogP contribution in [0, 0.1) is 5.92 Å². The van der Waals surface area contributed by atoms with Crippen molar-refractivity contribution in [2.45, 2.75) is 33.2 Å². The van der Waals surface area contributed by atoms with Crippen molar-refractivity contribution >= 4 is 11.6 Å². The molecule has 0 aliphatic rings. The van der Waals surface area contributed by atoms with Gasteiger partial charge in [0.15, 0.2) is 0 Å². The van der Waals surface area contributed by atoms with E-state index in [1.807, 2.05) is 12.1 Å². The maximum atomic E-state index is 5.98. The van der Waals surface area contributed by atoms with Crippen molar-refractivity contribution in [3.8, 4) is 5.75 Å². The molecule has 0 aliphatic heterocycles. The Morgan fingerprint density at radius 1 is 1.35 bits per heavy atom. The number of hydrogen-bond donors (Lipinski definition) is 1. The van der Waals surface area contributed by atoms with Crippen LogP contribution in [0.2, 0.25) is 5.02 Å². The van der Waals surface area contributed by atoms with E-state index >= 15 is 0 Å². The predicted octanol–water partition coefficient (Wildman–Crippen LogP) is 4.05. The van der Waals surface area contributed by atoms with Gasteiger partial charge in [-0.25, -0.2) is 0 Å². The van der Waals surface area contributed by atoms with Crippen LogP contribution in [0.3, 0.4) is 0 Å². The number of ether oxygens (including phenoxy) is 1. The minimum absolute atomic E-state index is 0.308. The standard InChI is InChI=1S/C14H22ClNO/c1-5-8-16-14(10(2)3)12-7-6-11(15)9-13(12)17-4/h6-7,9-10,14,16H,5,8H2,1-4H3.